The van der Waals surface area contributed by atoms with Gasteiger partial charge in [0.05, 0.1) is 18.7 Å². The van der Waals surface area contributed by atoms with Gasteiger partial charge in [-0.1, -0.05) is 5.16 Å². The van der Waals surface area contributed by atoms with Crippen molar-refractivity contribution in [1.82, 2.24) is 0 Å². The molecule has 0 radical (unpaired) electrons. The SMILES string of the molecule is CC(=O)O/N=C/CC#N. The summed E-state index contributed by atoms with van der Waals surface area (Å²) in [6.45, 7) is 1.24. The Labute approximate surface area is 52.7 Å². The van der Waals surface area contributed by atoms with Gasteiger partial charge in [-0.15, -0.1) is 0 Å². The van der Waals surface area contributed by atoms with Gasteiger partial charge in [0.1, 0.15) is 0 Å². The Kier molecular flexibility index (Phi) is 4.05. The van der Waals surface area contributed by atoms with E-state index in [1.54, 1.807) is 6.07 Å². The van der Waals surface area contributed by atoms with E-state index >= 15 is 0 Å². The summed E-state index contributed by atoms with van der Waals surface area (Å²) in [4.78, 5) is 14.1. The van der Waals surface area contributed by atoms with Crippen LogP contribution in [0.25, 0.3) is 0 Å². The monoisotopic (exact) mass is 126 g/mol. The summed E-state index contributed by atoms with van der Waals surface area (Å²) in [5.74, 6) is -0.482. The fourth-order valence-corrected chi connectivity index (χ4v) is 0.190. The van der Waals surface area contributed by atoms with Gasteiger partial charge in [0.15, 0.2) is 0 Å². The predicted octanol–water partition coefficient (Wildman–Crippen LogP) is 0.449. The molecule has 0 atom stereocenters. The van der Waals surface area contributed by atoms with Crippen molar-refractivity contribution in [1.29, 1.82) is 5.26 Å². The number of hydrogen-bond donors (Lipinski definition) is 0. The molecule has 0 saturated carbocycles. The van der Waals surface area contributed by atoms with Gasteiger partial charge < -0.3 is 4.84 Å². The number of carbonyl (C=O) groups is 1. The highest BCUT2D eigenvalue weighted by Gasteiger charge is 1.84. The molecule has 48 valence electrons. The fourth-order valence-electron chi connectivity index (χ4n) is 0.190. The van der Waals surface area contributed by atoms with Gasteiger partial charge in [0.2, 0.25) is 0 Å². The van der Waals surface area contributed by atoms with E-state index in [1.807, 2.05) is 0 Å². The van der Waals surface area contributed by atoms with Gasteiger partial charge in [-0.25, -0.2) is 4.79 Å². The summed E-state index contributed by atoms with van der Waals surface area (Å²) in [6.07, 6.45) is 1.38. The fraction of sp³-hybridized carbons (Fsp3) is 0.400. The van der Waals surface area contributed by atoms with Crippen molar-refractivity contribution >= 4 is 12.2 Å². The lowest BCUT2D eigenvalue weighted by molar-refractivity contribution is -0.140. The predicted molar refractivity (Wildman–Crippen MR) is 30.5 cm³/mol. The van der Waals surface area contributed by atoms with Gasteiger partial charge in [0.25, 0.3) is 0 Å². The molecular formula is C5H6N2O2. The molecule has 0 bridgehead atoms. The lowest BCUT2D eigenvalue weighted by atomic mass is 10.5. The molecule has 4 nitrogen and oxygen atoms in total. The minimum atomic E-state index is -0.482. The van der Waals surface area contributed by atoms with Gasteiger partial charge >= 0.3 is 5.97 Å². The smallest absolute Gasteiger partial charge is 0.319 e. The molecule has 0 aliphatic heterocycles. The number of carbonyl (C=O) groups excluding carboxylic acids is 1. The van der Waals surface area contributed by atoms with Crippen molar-refractivity contribution in [3.8, 4) is 6.07 Å². The second-order valence-corrected chi connectivity index (χ2v) is 1.23. The molecule has 0 aromatic heterocycles. The average molecular weight is 126 g/mol. The van der Waals surface area contributed by atoms with Crippen LogP contribution in [-0.2, 0) is 9.63 Å². The van der Waals surface area contributed by atoms with E-state index in [0.29, 0.717) is 0 Å². The zero-order valence-electron chi connectivity index (χ0n) is 5.00. The van der Waals surface area contributed by atoms with Crippen LogP contribution in [0.15, 0.2) is 5.16 Å². The van der Waals surface area contributed by atoms with Crippen LogP contribution in [0.2, 0.25) is 0 Å². The second-order valence-electron chi connectivity index (χ2n) is 1.23. The van der Waals surface area contributed by atoms with Gasteiger partial charge in [-0.3, -0.25) is 0 Å². The number of nitrogens with zero attached hydrogens (tertiary/aromatic N) is 2. The Morgan fingerprint density at radius 1 is 2.00 bits per heavy atom. The molecule has 9 heavy (non-hydrogen) atoms. The van der Waals surface area contributed by atoms with Gasteiger partial charge in [0, 0.05) is 6.92 Å². The van der Waals surface area contributed by atoms with Crippen molar-refractivity contribution in [3.63, 3.8) is 0 Å². The van der Waals surface area contributed by atoms with Gasteiger partial charge in [-0.05, 0) is 0 Å². The average Bonchev–Trinajstić information content (AvgIpc) is 1.80. The molecule has 0 aromatic rings. The summed E-state index contributed by atoms with van der Waals surface area (Å²) in [5, 5.41) is 11.1. The molecular weight excluding hydrogens is 120 g/mol. The molecule has 0 unspecified atom stereocenters. The summed E-state index contributed by atoms with van der Waals surface area (Å²) in [6, 6.07) is 1.80. The second kappa shape index (κ2) is 4.78. The largest absolute Gasteiger partial charge is 0.331 e. The zero-order chi connectivity index (χ0) is 7.11. The third-order valence-corrected chi connectivity index (χ3v) is 0.438. The van der Waals surface area contributed by atoms with Crippen LogP contribution in [0.1, 0.15) is 13.3 Å². The summed E-state index contributed by atoms with van der Waals surface area (Å²) < 4.78 is 0. The van der Waals surface area contributed by atoms with Crippen molar-refractivity contribution in [2.75, 3.05) is 0 Å². The summed E-state index contributed by atoms with van der Waals surface area (Å²) >= 11 is 0. The van der Waals surface area contributed by atoms with Crippen molar-refractivity contribution in [2.24, 2.45) is 5.16 Å². The van der Waals surface area contributed by atoms with E-state index in [2.05, 4.69) is 9.99 Å². The maximum atomic E-state index is 9.99. The zero-order valence-corrected chi connectivity index (χ0v) is 5.00. The van der Waals surface area contributed by atoms with E-state index in [1.165, 1.54) is 13.1 Å². The van der Waals surface area contributed by atoms with Crippen LogP contribution in [0.5, 0.6) is 0 Å². The lowest BCUT2D eigenvalue weighted by Gasteiger charge is -1.84. The minimum absolute atomic E-state index is 0.160. The maximum Gasteiger partial charge on any atom is 0.331 e. The highest BCUT2D eigenvalue weighted by molar-refractivity contribution is 5.67. The lowest BCUT2D eigenvalue weighted by Crippen LogP contribution is -1.90. The Bertz CT molecular complexity index is 157. The summed E-state index contributed by atoms with van der Waals surface area (Å²) in [5.41, 5.74) is 0. The highest BCUT2D eigenvalue weighted by atomic mass is 16.7. The molecule has 0 N–H and O–H groups in total. The Balaban J connectivity index is 3.28. The van der Waals surface area contributed by atoms with E-state index in [-0.39, 0.29) is 6.42 Å². The van der Waals surface area contributed by atoms with Crippen LogP contribution < -0.4 is 0 Å². The third kappa shape index (κ3) is 6.63. The molecule has 0 aliphatic carbocycles. The number of oxime groups is 1. The molecule has 0 amide bonds. The van der Waals surface area contributed by atoms with Crippen LogP contribution in [0.3, 0.4) is 0 Å². The number of nitriles is 1. The molecule has 0 fully saturated rings. The summed E-state index contributed by atoms with van der Waals surface area (Å²) in [7, 11) is 0. The number of rotatable bonds is 2. The standard InChI is InChI=1S/C5H6N2O2/c1-5(8)9-7-4-2-3-6/h4H,2H2,1H3/b7-4+. The van der Waals surface area contributed by atoms with Crippen LogP contribution in [0, 0.1) is 11.3 Å². The van der Waals surface area contributed by atoms with E-state index in [9.17, 15) is 4.79 Å². The van der Waals surface area contributed by atoms with Crippen LogP contribution in [-0.4, -0.2) is 12.2 Å². The topological polar surface area (TPSA) is 62.4 Å². The highest BCUT2D eigenvalue weighted by Crippen LogP contribution is 1.75. The third-order valence-electron chi connectivity index (χ3n) is 0.438. The first-order chi connectivity index (χ1) is 4.27. The molecule has 0 saturated heterocycles. The van der Waals surface area contributed by atoms with E-state index in [0.717, 1.165) is 0 Å². The van der Waals surface area contributed by atoms with Crippen LogP contribution >= 0.6 is 0 Å². The van der Waals surface area contributed by atoms with Crippen LogP contribution in [0.4, 0.5) is 0 Å². The molecule has 0 aliphatic rings. The maximum absolute atomic E-state index is 9.99. The molecule has 0 rings (SSSR count). The Morgan fingerprint density at radius 2 is 2.67 bits per heavy atom. The molecule has 0 heterocycles. The first-order valence-electron chi connectivity index (χ1n) is 2.33. The quantitative estimate of drug-likeness (QED) is 0.306. The van der Waals surface area contributed by atoms with E-state index < -0.39 is 5.97 Å². The normalized spacial score (nSPS) is 8.89. The van der Waals surface area contributed by atoms with Crippen molar-refractivity contribution in [3.05, 3.63) is 0 Å². The van der Waals surface area contributed by atoms with E-state index in [4.69, 9.17) is 5.26 Å². The Morgan fingerprint density at radius 3 is 3.11 bits per heavy atom. The first-order valence-corrected chi connectivity index (χ1v) is 2.33. The Hall–Kier alpha value is -1.37. The molecule has 0 spiro atoms. The minimum Gasteiger partial charge on any atom is -0.319 e. The first kappa shape index (κ1) is 7.63. The number of hydrogen-bond acceptors (Lipinski definition) is 4. The van der Waals surface area contributed by atoms with Crippen molar-refractivity contribution in [2.45, 2.75) is 13.3 Å². The van der Waals surface area contributed by atoms with Gasteiger partial charge in [-0.2, -0.15) is 5.26 Å². The molecule has 4 heteroatoms. The molecule has 0 aromatic carbocycles. The van der Waals surface area contributed by atoms with Crippen molar-refractivity contribution < 1.29 is 9.63 Å².